The fourth-order valence-electron chi connectivity index (χ4n) is 8.54. The number of aromatic hydroxyl groups is 1. The van der Waals surface area contributed by atoms with Crippen molar-refractivity contribution in [1.82, 2.24) is 20.1 Å². The summed E-state index contributed by atoms with van der Waals surface area (Å²) in [5.41, 5.74) is 7.20. The number of amides is 3. The van der Waals surface area contributed by atoms with Crippen LogP contribution in [0.25, 0.3) is 11.1 Å². The van der Waals surface area contributed by atoms with E-state index in [1.807, 2.05) is 84.9 Å². The number of phenols is 1. The number of likely N-dealkylation sites (N-methyl/N-ethyl adjacent to an activating group) is 2. The molecule has 0 radical (unpaired) electrons. The van der Waals surface area contributed by atoms with Gasteiger partial charge >= 0.3 is 0 Å². The normalized spacial score (nSPS) is 14.2. The first-order valence-electron chi connectivity index (χ1n) is 25.7. The van der Waals surface area contributed by atoms with E-state index in [1.54, 1.807) is 72.6 Å². The number of nitrogens with zero attached hydrogens (tertiary/aromatic N) is 4. The van der Waals surface area contributed by atoms with Crippen molar-refractivity contribution >= 4 is 51.7 Å². The number of aliphatic imine (C=N–C) groups is 1. The Morgan fingerprint density at radius 3 is 2.08 bits per heavy atom. The maximum Gasteiger partial charge on any atom is 0.269 e. The minimum absolute atomic E-state index is 0.0796. The molecule has 1 aliphatic heterocycles. The number of carbonyl (C=O) groups is 4. The summed E-state index contributed by atoms with van der Waals surface area (Å²) in [5, 5.41) is 15.2. The Morgan fingerprint density at radius 1 is 0.763 bits per heavy atom. The average molecular weight is 1050 g/mol. The van der Waals surface area contributed by atoms with Crippen LogP contribution in [0.5, 0.6) is 17.2 Å². The summed E-state index contributed by atoms with van der Waals surface area (Å²) in [6.45, 7) is 6.72. The highest BCUT2D eigenvalue weighted by Gasteiger charge is 2.35. The Balaban J connectivity index is 0.767. The maximum atomic E-state index is 14.0. The second-order valence-corrected chi connectivity index (χ2v) is 19.0. The minimum atomic E-state index is -0.543. The first kappa shape index (κ1) is 56.4. The first-order chi connectivity index (χ1) is 37.0. The number of benzene rings is 5. The number of carbonyl (C=O) groups excluding carboxylic acids is 4. The molecule has 15 nitrogen and oxygen atoms in total. The van der Waals surface area contributed by atoms with Gasteiger partial charge in [0.1, 0.15) is 53.5 Å². The molecule has 2 atom stereocenters. The van der Waals surface area contributed by atoms with Gasteiger partial charge in [0.25, 0.3) is 11.8 Å². The van der Waals surface area contributed by atoms with Gasteiger partial charge in [-0.05, 0) is 103 Å². The highest BCUT2D eigenvalue weighted by atomic mass is 32.1. The van der Waals surface area contributed by atoms with Crippen LogP contribution in [0.15, 0.2) is 144 Å². The fraction of sp³-hybridized carbons (Fsp3) is 0.333. The van der Waals surface area contributed by atoms with Crippen LogP contribution in [0.1, 0.15) is 82.5 Å². The Kier molecular flexibility index (Phi) is 21.6. The maximum absolute atomic E-state index is 14.0. The van der Waals surface area contributed by atoms with Crippen LogP contribution in [0.2, 0.25) is 0 Å². The van der Waals surface area contributed by atoms with Crippen LogP contribution in [0.4, 0.5) is 0 Å². The molecule has 1 aromatic heterocycles. The molecule has 1 aliphatic rings. The largest absolute Gasteiger partial charge is 0.508 e. The number of aromatic nitrogens is 1. The van der Waals surface area contributed by atoms with E-state index in [2.05, 4.69) is 29.4 Å². The van der Waals surface area contributed by atoms with Crippen LogP contribution in [-0.4, -0.2) is 135 Å². The third-order valence-electron chi connectivity index (χ3n) is 12.8. The lowest BCUT2D eigenvalue weighted by Crippen LogP contribution is -2.39. The first-order valence-corrected chi connectivity index (χ1v) is 26.6. The van der Waals surface area contributed by atoms with E-state index in [9.17, 15) is 24.3 Å². The van der Waals surface area contributed by atoms with Gasteiger partial charge in [0.15, 0.2) is 0 Å². The third kappa shape index (κ3) is 16.1. The summed E-state index contributed by atoms with van der Waals surface area (Å²) in [4.78, 5) is 65.5. The molecule has 2 heterocycles. The zero-order chi connectivity index (χ0) is 53.7. The summed E-state index contributed by atoms with van der Waals surface area (Å²) >= 11 is 1.34. The van der Waals surface area contributed by atoms with Gasteiger partial charge in [-0.2, -0.15) is 0 Å². The standard InChI is InChI=1S/C60H67N5O10S/c1-5-51(44-16-10-7-11-17-44)56(45-21-25-48(66)26-22-45)46-23-27-49(28-24-46)74-31-30-64(4)55(67)40-73-35-34-71-32-33-72-36-37-75-50-19-12-18-47(39-50)57(68)53-41-76-59(63-53)54-20-13-29-65(54)60(70)52(62-58(69)42(2)61-3)38-43-14-8-6-9-15-43/h6-12,14-19,21-28,39,41-42,54,61,66H,5,13,20,29-38,40H2,1-4H3/b56-51-,62-52?/t42-,54-/m0/s1. The molecule has 2 N–H and O–H groups in total. The average Bonchev–Trinajstić information content (AvgIpc) is 4.16. The number of hydrogen-bond donors (Lipinski definition) is 2. The van der Waals surface area contributed by atoms with E-state index < -0.39 is 11.9 Å². The number of thiazole rings is 1. The van der Waals surface area contributed by atoms with Gasteiger partial charge in [-0.1, -0.05) is 104 Å². The number of ketones is 1. The molecule has 0 unspecified atom stereocenters. The highest BCUT2D eigenvalue weighted by Crippen LogP contribution is 2.37. The lowest BCUT2D eigenvalue weighted by atomic mass is 9.88. The molecule has 1 fully saturated rings. The SMILES string of the molecule is CC/C(=C(\c1ccc(O)cc1)c1ccc(OCCN(C)C(=O)COCCOCCOCCOc2cccc(C(=O)c3csc([C@@H]4CCCN4C(=O)C(Cc4ccccc4)=NC(=O)[C@H](C)NC)n3)c2)cc1)c1ccccc1. The Bertz CT molecular complexity index is 2890. The molecule has 0 aliphatic carbocycles. The monoisotopic (exact) mass is 1050 g/mol. The number of allylic oxidation sites excluding steroid dienone is 1. The predicted molar refractivity (Wildman–Crippen MR) is 295 cm³/mol. The molecular formula is C60H67N5O10S. The van der Waals surface area contributed by atoms with Crippen molar-refractivity contribution in [3.63, 3.8) is 0 Å². The molecule has 0 bridgehead atoms. The van der Waals surface area contributed by atoms with E-state index in [0.29, 0.717) is 74.6 Å². The Labute approximate surface area is 449 Å². The van der Waals surface area contributed by atoms with Crippen molar-refractivity contribution in [2.45, 2.75) is 51.6 Å². The summed E-state index contributed by atoms with van der Waals surface area (Å²) in [7, 11) is 3.39. The van der Waals surface area contributed by atoms with E-state index in [4.69, 9.17) is 28.7 Å². The zero-order valence-electron chi connectivity index (χ0n) is 43.7. The third-order valence-corrected chi connectivity index (χ3v) is 13.8. The molecule has 6 aromatic rings. The van der Waals surface area contributed by atoms with Crippen LogP contribution in [-0.2, 0) is 35.0 Å². The molecule has 5 aromatic carbocycles. The van der Waals surface area contributed by atoms with Gasteiger partial charge in [0.05, 0.1) is 51.7 Å². The van der Waals surface area contributed by atoms with Crippen molar-refractivity contribution in [2.24, 2.45) is 4.99 Å². The molecule has 7 rings (SSSR count). The summed E-state index contributed by atoms with van der Waals surface area (Å²) in [6, 6.07) is 41.0. The van der Waals surface area contributed by atoms with E-state index in [-0.39, 0.29) is 67.0 Å². The van der Waals surface area contributed by atoms with Crippen molar-refractivity contribution in [2.75, 3.05) is 80.0 Å². The highest BCUT2D eigenvalue weighted by molar-refractivity contribution is 7.10. The molecule has 1 saturated heterocycles. The molecule has 398 valence electrons. The number of phenolic OH excluding ortho intramolecular Hbond substituents is 1. The van der Waals surface area contributed by atoms with Crippen molar-refractivity contribution in [1.29, 1.82) is 0 Å². The molecule has 16 heteroatoms. The molecule has 0 spiro atoms. The van der Waals surface area contributed by atoms with Gasteiger partial charge < -0.3 is 43.9 Å². The minimum Gasteiger partial charge on any atom is -0.508 e. The molecule has 3 amide bonds. The number of rotatable bonds is 28. The Hall–Kier alpha value is -7.34. The van der Waals surface area contributed by atoms with E-state index in [0.717, 1.165) is 40.7 Å². The molecule has 76 heavy (non-hydrogen) atoms. The van der Waals surface area contributed by atoms with Gasteiger partial charge in [0.2, 0.25) is 11.7 Å². The zero-order valence-corrected chi connectivity index (χ0v) is 44.5. The lowest BCUT2D eigenvalue weighted by Gasteiger charge is -2.24. The second-order valence-electron chi connectivity index (χ2n) is 18.1. The van der Waals surface area contributed by atoms with Crippen LogP contribution in [0.3, 0.4) is 0 Å². The van der Waals surface area contributed by atoms with Crippen LogP contribution in [0, 0.1) is 0 Å². The van der Waals surface area contributed by atoms with E-state index in [1.165, 1.54) is 16.9 Å². The van der Waals surface area contributed by atoms with Crippen molar-refractivity contribution < 1.29 is 48.0 Å². The summed E-state index contributed by atoms with van der Waals surface area (Å²) in [5.74, 6) is 0.256. The van der Waals surface area contributed by atoms with Crippen molar-refractivity contribution in [3.05, 3.63) is 177 Å². The number of hydrogen-bond acceptors (Lipinski definition) is 13. The quantitative estimate of drug-likeness (QED) is 0.0207. The smallest absolute Gasteiger partial charge is 0.269 e. The van der Waals surface area contributed by atoms with Gasteiger partial charge in [-0.15, -0.1) is 11.3 Å². The van der Waals surface area contributed by atoms with Crippen LogP contribution >= 0.6 is 11.3 Å². The lowest BCUT2D eigenvalue weighted by molar-refractivity contribution is -0.135. The predicted octanol–water partition coefficient (Wildman–Crippen LogP) is 8.90. The Morgan fingerprint density at radius 2 is 1.39 bits per heavy atom. The van der Waals surface area contributed by atoms with Crippen molar-refractivity contribution in [3.8, 4) is 17.2 Å². The summed E-state index contributed by atoms with van der Waals surface area (Å²) < 4.78 is 28.7. The van der Waals surface area contributed by atoms with Crippen LogP contribution < -0.4 is 14.8 Å². The molecule has 0 saturated carbocycles. The molecular weight excluding hydrogens is 983 g/mol. The second kappa shape index (κ2) is 29.1. The van der Waals surface area contributed by atoms with E-state index >= 15 is 0 Å². The van der Waals surface area contributed by atoms with Gasteiger partial charge in [0, 0.05) is 31.0 Å². The van der Waals surface area contributed by atoms with Gasteiger partial charge in [-0.25, -0.2) is 9.98 Å². The number of nitrogens with one attached hydrogen (secondary N) is 1. The topological polar surface area (TPSA) is 178 Å². The van der Waals surface area contributed by atoms with Gasteiger partial charge in [-0.3, -0.25) is 19.2 Å². The fourth-order valence-corrected chi connectivity index (χ4v) is 9.48. The summed E-state index contributed by atoms with van der Waals surface area (Å²) in [6.07, 6.45) is 2.47. The number of ether oxygens (including phenoxy) is 5. The number of likely N-dealkylation sites (tertiary alicyclic amines) is 1.